The molecule has 0 aromatic rings. The van der Waals surface area contributed by atoms with Crippen molar-refractivity contribution < 1.29 is 17.1 Å². The van der Waals surface area contributed by atoms with Gasteiger partial charge >= 0.3 is 65.6 Å². The molecule has 0 bridgehead atoms. The van der Waals surface area contributed by atoms with Crippen LogP contribution in [0.5, 0.6) is 0 Å². The molecule has 0 heterocycles. The Labute approximate surface area is 65.8 Å². The molecule has 0 rings (SSSR count). The van der Waals surface area contributed by atoms with Gasteiger partial charge in [-0.15, -0.1) is 0 Å². The van der Waals surface area contributed by atoms with Crippen LogP contribution in [0.25, 0.3) is 0 Å². The molecule has 58 valence electrons. The summed E-state index contributed by atoms with van der Waals surface area (Å²) in [6.07, 6.45) is 0. The summed E-state index contributed by atoms with van der Waals surface area (Å²) in [6, 6.07) is 0. The molecule has 0 saturated carbocycles. The molecule has 0 aromatic carbocycles. The van der Waals surface area contributed by atoms with E-state index < -0.39 is 0 Å². The molecule has 0 unspecified atom stereocenters. The van der Waals surface area contributed by atoms with Crippen molar-refractivity contribution in [2.24, 2.45) is 11.8 Å². The Bertz CT molecular complexity index is 105. The monoisotopic (exact) mass is 218 g/mol. The first-order valence-corrected chi connectivity index (χ1v) is 5.14. The van der Waals surface area contributed by atoms with Gasteiger partial charge < -0.3 is 0 Å². The summed E-state index contributed by atoms with van der Waals surface area (Å²) >= 11 is 0.768. The maximum absolute atomic E-state index is 2.38. The van der Waals surface area contributed by atoms with Crippen LogP contribution in [0.3, 0.4) is 0 Å². The zero-order chi connectivity index (χ0) is 7.28. The third-order valence-electron chi connectivity index (χ3n) is 0.543. The van der Waals surface area contributed by atoms with Crippen LogP contribution in [0.4, 0.5) is 0 Å². The fraction of sp³-hybridized carbons (Fsp3) is 0.750. The normalized spacial score (nSPS) is 10.9. The van der Waals surface area contributed by atoms with Gasteiger partial charge in [0, 0.05) is 0 Å². The molecule has 0 N–H and O–H groups in total. The van der Waals surface area contributed by atoms with Crippen molar-refractivity contribution in [3.63, 3.8) is 0 Å². The van der Waals surface area contributed by atoms with Crippen LogP contribution in [0, 0.1) is 11.8 Å². The summed E-state index contributed by atoms with van der Waals surface area (Å²) in [7, 11) is 0. The van der Waals surface area contributed by atoms with E-state index in [1.807, 2.05) is 0 Å². The Morgan fingerprint density at radius 2 is 1.22 bits per heavy atom. The second kappa shape index (κ2) is 5.21. The van der Waals surface area contributed by atoms with Crippen LogP contribution >= 0.6 is 0 Å². The van der Waals surface area contributed by atoms with Crippen LogP contribution in [0.2, 0.25) is 0 Å². The topological polar surface area (TPSA) is 0 Å². The molecule has 0 aliphatic heterocycles. The summed E-state index contributed by atoms with van der Waals surface area (Å²) in [5, 5.41) is 0. The van der Waals surface area contributed by atoms with Gasteiger partial charge in [0.1, 0.15) is 0 Å². The zero-order valence-electron chi connectivity index (χ0n) is 6.63. The molecule has 0 amide bonds. The first-order valence-electron chi connectivity index (χ1n) is 3.34. The third-order valence-corrected chi connectivity index (χ3v) is 3.21. The fourth-order valence-corrected chi connectivity index (χ4v) is 1.65. The maximum atomic E-state index is 2.38. The van der Waals surface area contributed by atoms with E-state index in [0.29, 0.717) is 0 Å². The molecule has 0 fully saturated rings. The molecule has 0 radical (unpaired) electrons. The molecular weight excluding hydrogens is 203 g/mol. The van der Waals surface area contributed by atoms with Crippen molar-refractivity contribution in [1.82, 2.24) is 0 Å². The predicted molar refractivity (Wildman–Crippen MR) is 41.8 cm³/mol. The van der Waals surface area contributed by atoms with Gasteiger partial charge in [0.05, 0.1) is 0 Å². The van der Waals surface area contributed by atoms with Gasteiger partial charge in [0.15, 0.2) is 0 Å². The number of hydrogen-bond donors (Lipinski definition) is 0. The van der Waals surface area contributed by atoms with Gasteiger partial charge in [-0.05, 0) is 0 Å². The molecule has 0 aliphatic carbocycles. The number of rotatable bonds is 2. The van der Waals surface area contributed by atoms with Crippen molar-refractivity contribution in [2.45, 2.75) is 27.7 Å². The summed E-state index contributed by atoms with van der Waals surface area (Å²) < 4.78 is 4.77. The molecule has 9 heavy (non-hydrogen) atoms. The second-order valence-corrected chi connectivity index (χ2v) is 4.36. The predicted octanol–water partition coefficient (Wildman–Crippen LogP) is 1.99. The molecule has 1 heteroatoms. The van der Waals surface area contributed by atoms with E-state index in [-0.39, 0.29) is 0 Å². The molecule has 0 nitrogen and oxygen atoms in total. The average Bonchev–Trinajstić information content (AvgIpc) is 1.63. The van der Waals surface area contributed by atoms with Crippen molar-refractivity contribution in [2.75, 3.05) is 0 Å². The minimum atomic E-state index is 0.758. The van der Waals surface area contributed by atoms with Crippen molar-refractivity contribution in [1.29, 1.82) is 0 Å². The van der Waals surface area contributed by atoms with Crippen LogP contribution in [-0.4, -0.2) is 8.97 Å². The van der Waals surface area contributed by atoms with Gasteiger partial charge in [0.25, 0.3) is 0 Å². The van der Waals surface area contributed by atoms with Crippen LogP contribution in [0.1, 0.15) is 27.7 Å². The third kappa shape index (κ3) is 8.40. The van der Waals surface area contributed by atoms with E-state index in [9.17, 15) is 0 Å². The summed E-state index contributed by atoms with van der Waals surface area (Å²) in [5.41, 5.74) is 0. The first kappa shape index (κ1) is 9.40. The Morgan fingerprint density at radius 1 is 0.889 bits per heavy atom. The quantitative estimate of drug-likeness (QED) is 0.622. The van der Waals surface area contributed by atoms with Gasteiger partial charge in [-0.2, -0.15) is 0 Å². The summed E-state index contributed by atoms with van der Waals surface area (Å²) in [5.74, 6) is 1.52. The molecular formula is C8H16Pd. The van der Waals surface area contributed by atoms with Crippen LogP contribution < -0.4 is 0 Å². The first-order chi connectivity index (χ1) is 4.13. The fourth-order valence-electron chi connectivity index (χ4n) is 0.279. The van der Waals surface area contributed by atoms with E-state index in [0.717, 1.165) is 28.9 Å². The molecule has 0 aliphatic rings. The van der Waals surface area contributed by atoms with E-state index in [4.69, 9.17) is 0 Å². The standard InChI is InChI=1S/2C4H8.Pd/c2*1-4(2)3;/h2*1,4H,2-3H3;. The van der Waals surface area contributed by atoms with E-state index in [1.165, 1.54) is 0 Å². The molecule has 0 spiro atoms. The summed E-state index contributed by atoms with van der Waals surface area (Å²) in [6.45, 7) is 8.92. The Kier molecular flexibility index (Phi) is 5.44. The van der Waals surface area contributed by atoms with Gasteiger partial charge in [-0.3, -0.25) is 0 Å². The Balaban J connectivity index is 3.67. The van der Waals surface area contributed by atoms with Gasteiger partial charge in [0.2, 0.25) is 0 Å². The Morgan fingerprint density at radius 3 is 1.44 bits per heavy atom. The van der Waals surface area contributed by atoms with Crippen molar-refractivity contribution in [3.8, 4) is 0 Å². The van der Waals surface area contributed by atoms with E-state index >= 15 is 0 Å². The molecule has 0 aromatic heterocycles. The molecule has 0 saturated heterocycles. The van der Waals surface area contributed by atoms with Crippen LogP contribution in [-0.2, 0) is 17.1 Å². The summed E-state index contributed by atoms with van der Waals surface area (Å²) in [4.78, 5) is 0. The second-order valence-electron chi connectivity index (χ2n) is 2.80. The van der Waals surface area contributed by atoms with Crippen molar-refractivity contribution >= 4 is 8.97 Å². The number of hydrogen-bond acceptors (Lipinski definition) is 0. The minimum absolute atomic E-state index is 0.758. The zero-order valence-corrected chi connectivity index (χ0v) is 8.18. The Hall–Kier alpha value is 0.402. The van der Waals surface area contributed by atoms with Gasteiger partial charge in [-0.1, -0.05) is 0 Å². The average molecular weight is 219 g/mol. The van der Waals surface area contributed by atoms with E-state index in [1.54, 1.807) is 0 Å². The van der Waals surface area contributed by atoms with Crippen LogP contribution in [0.15, 0.2) is 0 Å². The molecule has 0 atom stereocenters. The SMILES string of the molecule is CC(C)[CH]=[Pd]=[CH]C(C)C. The van der Waals surface area contributed by atoms with Gasteiger partial charge in [-0.25, -0.2) is 0 Å². The van der Waals surface area contributed by atoms with Crippen molar-refractivity contribution in [3.05, 3.63) is 0 Å². The van der Waals surface area contributed by atoms with E-state index in [2.05, 4.69) is 36.7 Å².